The number of aliphatic hydroxyl groups is 7. The van der Waals surface area contributed by atoms with Gasteiger partial charge in [-0.3, -0.25) is 47.9 Å². The molecule has 9 N–H and O–H groups in total. The molecule has 25 heteroatoms. The molecular weight excluding hydrogens is 1610 g/mol. The van der Waals surface area contributed by atoms with E-state index in [2.05, 4.69) is 76.4 Å². The second-order valence-electron chi connectivity index (χ2n) is 39.5. The summed E-state index contributed by atoms with van der Waals surface area (Å²) in [6.45, 7) is 27.1. The molecule has 646 valence electrons. The van der Waals surface area contributed by atoms with Crippen molar-refractivity contribution < 1.29 is 102 Å². The summed E-state index contributed by atoms with van der Waals surface area (Å²) in [7, 11) is 0. The Morgan fingerprint density at radius 1 is 0.478 bits per heavy atom. The number of esters is 2. The van der Waals surface area contributed by atoms with Gasteiger partial charge in [-0.1, -0.05) is 164 Å². The fourth-order valence-electron chi connectivity index (χ4n) is 25.8. The number of alkyl halides is 4. The maximum absolute atomic E-state index is 15.4. The highest BCUT2D eigenvalue weighted by atomic mass is 79.9. The molecule has 0 aliphatic heterocycles. The van der Waals surface area contributed by atoms with Crippen LogP contribution in [0, 0.1) is 96.6 Å². The van der Waals surface area contributed by atoms with Crippen LogP contribution in [0.3, 0.4) is 0 Å². The summed E-state index contributed by atoms with van der Waals surface area (Å²) in [6, 6.07) is 0. The third kappa shape index (κ3) is 16.2. The van der Waals surface area contributed by atoms with Crippen LogP contribution in [0.15, 0.2) is 59.3 Å². The number of ketones is 6. The van der Waals surface area contributed by atoms with Crippen molar-refractivity contribution in [3.05, 3.63) is 59.3 Å². The Morgan fingerprint density at radius 2 is 0.748 bits per heavy atom. The van der Waals surface area contributed by atoms with Crippen molar-refractivity contribution in [3.63, 3.8) is 0 Å². The van der Waals surface area contributed by atoms with Gasteiger partial charge in [0.15, 0.2) is 36.3 Å². The molecule has 0 saturated heterocycles. The molecule has 25 unspecified atom stereocenters. The van der Waals surface area contributed by atoms with Crippen LogP contribution in [0.4, 0.5) is 8.78 Å². The molecule has 0 radical (unpaired) electrons. The zero-order chi connectivity index (χ0) is 83.0. The fourth-order valence-corrected chi connectivity index (χ4v) is 27.4. The number of ether oxygens (including phenoxy) is 2. The lowest BCUT2D eigenvalue weighted by Gasteiger charge is -2.60. The predicted molar refractivity (Wildman–Crippen MR) is 439 cm³/mol. The van der Waals surface area contributed by atoms with E-state index in [1.165, 1.54) is 19.4 Å². The quantitative estimate of drug-likeness (QED) is 0.0261. The van der Waals surface area contributed by atoms with Crippen molar-refractivity contribution in [1.29, 1.82) is 0 Å². The summed E-state index contributed by atoms with van der Waals surface area (Å²) in [5.74, 6) is -5.81. The average Bonchev–Trinajstić information content (AvgIpc) is 1.48. The second kappa shape index (κ2) is 33.5. The van der Waals surface area contributed by atoms with E-state index < -0.39 is 144 Å². The van der Waals surface area contributed by atoms with Gasteiger partial charge >= 0.3 is 11.9 Å². The molecule has 0 bridgehead atoms. The Morgan fingerprint density at radius 3 is 1.02 bits per heavy atom. The van der Waals surface area contributed by atoms with Crippen LogP contribution in [-0.2, 0) is 57.4 Å². The SMILES string of the molecule is C.C.C.C=C(CNC(=O)C(F)C(F)C(=O)NCC(=C)C(C)(C)CC(C)(Br)C(=O)OCC(=O)C1(O)CCC2C3CCC4=CC(=O)CCC4(C)C3C(O)CC21C)C(C)(C)CC(C)(Br)C(=O)OCC(=O)C1(O)CCC2C3CCC4=CC(=O)CCC4(C)C3C(O)CC21C.CC12CCC(=O)C=C1CCC1C2C(O)CC2(C)C1CCC2(O)C(=O)CO. The highest BCUT2D eigenvalue weighted by molar-refractivity contribution is 9.10. The number of fused-ring (bicyclic) bond motifs is 15. The van der Waals surface area contributed by atoms with Gasteiger partial charge in [-0.15, -0.1) is 0 Å². The summed E-state index contributed by atoms with van der Waals surface area (Å²) in [5.41, 5.74) is -6.82. The Hall–Kier alpha value is -4.86. The number of aliphatic hydroxyl groups excluding tert-OH is 4. The zero-order valence-corrected chi connectivity index (χ0v) is 70.7. The lowest BCUT2D eigenvalue weighted by molar-refractivity contribution is -0.184. The molecule has 2 amide bonds. The molecule has 0 spiro atoms. The van der Waals surface area contributed by atoms with E-state index >= 15 is 8.78 Å². The lowest BCUT2D eigenvalue weighted by atomic mass is 9.45. The first-order valence-electron chi connectivity index (χ1n) is 40.8. The second-order valence-corrected chi connectivity index (χ2v) is 43.0. The number of carbonyl (C=O) groups is 10. The van der Waals surface area contributed by atoms with Crippen LogP contribution < -0.4 is 10.6 Å². The molecule has 12 aliphatic rings. The fraction of sp³-hybridized carbons (Fsp3) is 0.778. The number of allylic oxidation sites excluding steroid dienone is 3. The van der Waals surface area contributed by atoms with Crippen LogP contribution in [0.25, 0.3) is 0 Å². The Bertz CT molecular complexity index is 3790. The number of halogens is 4. The van der Waals surface area contributed by atoms with Gasteiger partial charge in [0.05, 0.1) is 18.3 Å². The molecule has 115 heavy (non-hydrogen) atoms. The van der Waals surface area contributed by atoms with Crippen LogP contribution >= 0.6 is 31.9 Å². The van der Waals surface area contributed by atoms with Gasteiger partial charge in [-0.05, 0) is 241 Å². The minimum absolute atomic E-state index is 0. The third-order valence-electron chi connectivity index (χ3n) is 32.4. The molecular formula is C90H134Br2F2N2O19. The van der Waals surface area contributed by atoms with E-state index in [4.69, 9.17) is 9.47 Å². The Balaban J connectivity index is 0.000000479. The van der Waals surface area contributed by atoms with E-state index in [0.29, 0.717) is 81.8 Å². The summed E-state index contributed by atoms with van der Waals surface area (Å²) >= 11 is 6.89. The predicted octanol–water partition coefficient (Wildman–Crippen LogP) is 12.5. The summed E-state index contributed by atoms with van der Waals surface area (Å²) < 4.78 is 39.1. The van der Waals surface area contributed by atoms with E-state index in [0.717, 1.165) is 49.7 Å². The summed E-state index contributed by atoms with van der Waals surface area (Å²) in [4.78, 5) is 130. The highest BCUT2D eigenvalue weighted by Gasteiger charge is 2.72. The molecule has 0 heterocycles. The van der Waals surface area contributed by atoms with Crippen molar-refractivity contribution in [2.45, 2.75) is 309 Å². The van der Waals surface area contributed by atoms with Gasteiger partial charge < -0.3 is 55.9 Å². The number of rotatable bonds is 23. The molecule has 12 rings (SSSR count). The van der Waals surface area contributed by atoms with Crippen LogP contribution in [0.2, 0.25) is 0 Å². The average molecular weight is 1750 g/mol. The molecule has 25 atom stereocenters. The Labute approximate surface area is 696 Å². The monoisotopic (exact) mass is 1740 g/mol. The number of Topliss-reactive ketones (excluding diaryl/α,β-unsaturated/α-hetero) is 3. The third-order valence-corrected chi connectivity index (χ3v) is 33.6. The molecule has 12 aliphatic carbocycles. The van der Waals surface area contributed by atoms with Crippen LogP contribution in [0.5, 0.6) is 0 Å². The van der Waals surface area contributed by atoms with E-state index in [1.54, 1.807) is 45.9 Å². The topological polar surface area (TPSA) is 355 Å². The highest BCUT2D eigenvalue weighted by Crippen LogP contribution is 2.72. The molecule has 0 aromatic carbocycles. The van der Waals surface area contributed by atoms with Crippen molar-refractivity contribution in [2.24, 2.45) is 96.6 Å². The summed E-state index contributed by atoms with van der Waals surface area (Å²) in [6.07, 6.45) is 8.50. The van der Waals surface area contributed by atoms with Gasteiger partial charge in [0.2, 0.25) is 23.9 Å². The molecule has 9 fully saturated rings. The molecule has 0 aromatic rings. The van der Waals surface area contributed by atoms with Gasteiger partial charge in [0.25, 0.3) is 11.8 Å². The van der Waals surface area contributed by atoms with Gasteiger partial charge in [0.1, 0.15) is 32.1 Å². The first-order valence-corrected chi connectivity index (χ1v) is 42.4. The van der Waals surface area contributed by atoms with Crippen molar-refractivity contribution in [1.82, 2.24) is 10.6 Å². The van der Waals surface area contributed by atoms with Crippen molar-refractivity contribution >= 4 is 90.3 Å². The number of hydrogen-bond donors (Lipinski definition) is 9. The zero-order valence-electron chi connectivity index (χ0n) is 67.6. The van der Waals surface area contributed by atoms with E-state index in [9.17, 15) is 83.7 Å². The van der Waals surface area contributed by atoms with E-state index in [1.807, 2.05) is 20.8 Å². The lowest BCUT2D eigenvalue weighted by Crippen LogP contribution is -2.62. The first kappa shape index (κ1) is 95.6. The molecule has 0 aromatic heterocycles. The minimum Gasteiger partial charge on any atom is -0.457 e. The number of carbonyl (C=O) groups excluding carboxylic acids is 10. The normalized spacial score (nSPS) is 39.6. The van der Waals surface area contributed by atoms with Crippen molar-refractivity contribution in [2.75, 3.05) is 32.9 Å². The van der Waals surface area contributed by atoms with E-state index in [-0.39, 0.29) is 161 Å². The number of hydrogen-bond acceptors (Lipinski definition) is 19. The molecule has 21 nitrogen and oxygen atoms in total. The minimum atomic E-state index is -2.93. The van der Waals surface area contributed by atoms with Crippen LogP contribution in [0.1, 0.15) is 253 Å². The maximum Gasteiger partial charge on any atom is 0.323 e. The number of nitrogens with one attached hydrogen (secondary N) is 2. The maximum atomic E-state index is 15.4. The largest absolute Gasteiger partial charge is 0.457 e. The van der Waals surface area contributed by atoms with Gasteiger partial charge in [-0.25, -0.2) is 8.78 Å². The van der Waals surface area contributed by atoms with Crippen molar-refractivity contribution in [3.8, 4) is 0 Å². The standard InChI is InChI=1S/C66H92Br2F2N2O14.C21H30O5.3CH4/c1-35(57(3,4)33-63(11,67)55(81)85-31-47(77)65(83)23-19-43-41-15-13-37-25-39(73)17-21-59(37,7)49(41)45(75)27-61(43,65)9)29-71-53(79)51(69)52(70)54(80)72-30-36(2)58(5,6)34-64(12,68)56(82)86-32-48(78)66(84)24-20-44-42-16-14-38-26-40(74)18-22-60(38,8)50(42)46(76)28-62(44,66)10;1-19-7-5-13(23)9-12(19)3-4-14-15-6-8-21(26,17(25)11-22)20(15,2)10-16(24)18(14)19;;;/h25-26,41-46,49-52,75-76,83-84H,1-2,13-24,27-34H2,3-12H3,(H,71,79)(H,72,80);9,14-16,18,22,24,26H,3-8,10-11H2,1-2H3;3*1H4. The number of amides is 2. The molecule has 9 saturated carbocycles. The van der Waals surface area contributed by atoms with Crippen LogP contribution in [-0.4, -0.2) is 183 Å². The smallest absolute Gasteiger partial charge is 0.323 e. The van der Waals surface area contributed by atoms with Gasteiger partial charge in [0, 0.05) is 48.6 Å². The van der Waals surface area contributed by atoms with Gasteiger partial charge in [-0.2, -0.15) is 0 Å². The first-order chi connectivity index (χ1) is 51.7. The summed E-state index contributed by atoms with van der Waals surface area (Å²) in [5, 5.41) is 84.3. The Kier molecular flexibility index (Phi) is 27.9.